The van der Waals surface area contributed by atoms with Crippen molar-refractivity contribution in [1.82, 2.24) is 4.98 Å². The van der Waals surface area contributed by atoms with E-state index in [1.165, 1.54) is 12.8 Å². The van der Waals surface area contributed by atoms with Crippen LogP contribution in [-0.2, 0) is 0 Å². The van der Waals surface area contributed by atoms with Crippen LogP contribution in [0.4, 0.5) is 5.13 Å². The molecule has 0 unspecified atom stereocenters. The molecule has 18 heavy (non-hydrogen) atoms. The zero-order chi connectivity index (χ0) is 13.3. The standard InChI is InChI=1S/C14H22N2OS/c1-10(2)12-11(9-17)18-13(15-12)16-7-5-14(3,4)6-8-16/h9-10H,5-8H2,1-4H3. The molecule has 0 atom stereocenters. The van der Waals surface area contributed by atoms with Crippen molar-refractivity contribution in [2.24, 2.45) is 5.41 Å². The Balaban J connectivity index is 2.17. The highest BCUT2D eigenvalue weighted by molar-refractivity contribution is 7.17. The summed E-state index contributed by atoms with van der Waals surface area (Å²) in [6.45, 7) is 10.9. The maximum absolute atomic E-state index is 11.1. The number of aromatic nitrogens is 1. The predicted molar refractivity (Wildman–Crippen MR) is 76.8 cm³/mol. The minimum absolute atomic E-state index is 0.316. The van der Waals surface area contributed by atoms with Gasteiger partial charge < -0.3 is 4.90 Å². The van der Waals surface area contributed by atoms with Crippen molar-refractivity contribution >= 4 is 22.8 Å². The number of rotatable bonds is 3. The average Bonchev–Trinajstić information content (AvgIpc) is 2.73. The Labute approximate surface area is 113 Å². The van der Waals surface area contributed by atoms with Gasteiger partial charge in [0.2, 0.25) is 0 Å². The number of anilines is 1. The highest BCUT2D eigenvalue weighted by Crippen LogP contribution is 2.35. The van der Waals surface area contributed by atoms with E-state index >= 15 is 0 Å². The molecule has 1 aliphatic rings. The third-order valence-corrected chi connectivity index (χ3v) is 4.77. The third kappa shape index (κ3) is 2.74. The molecule has 0 bridgehead atoms. The van der Waals surface area contributed by atoms with Crippen LogP contribution in [0.5, 0.6) is 0 Å². The smallest absolute Gasteiger partial charge is 0.186 e. The molecule has 0 spiro atoms. The molecule has 1 aliphatic heterocycles. The van der Waals surface area contributed by atoms with Crippen molar-refractivity contribution in [2.45, 2.75) is 46.5 Å². The van der Waals surface area contributed by atoms with Crippen LogP contribution < -0.4 is 4.90 Å². The fraction of sp³-hybridized carbons (Fsp3) is 0.714. The first kappa shape index (κ1) is 13.5. The monoisotopic (exact) mass is 266 g/mol. The topological polar surface area (TPSA) is 33.2 Å². The van der Waals surface area contributed by atoms with Gasteiger partial charge in [-0.1, -0.05) is 39.0 Å². The second kappa shape index (κ2) is 5.00. The molecule has 0 aromatic carbocycles. The maximum atomic E-state index is 11.1. The van der Waals surface area contributed by atoms with Gasteiger partial charge in [0.15, 0.2) is 11.4 Å². The Kier molecular flexibility index (Phi) is 3.76. The summed E-state index contributed by atoms with van der Waals surface area (Å²) in [5.41, 5.74) is 1.40. The van der Waals surface area contributed by atoms with Crippen molar-refractivity contribution in [3.63, 3.8) is 0 Å². The summed E-state index contributed by atoms with van der Waals surface area (Å²) >= 11 is 1.54. The Morgan fingerprint density at radius 1 is 1.33 bits per heavy atom. The third-order valence-electron chi connectivity index (χ3n) is 3.71. The van der Waals surface area contributed by atoms with E-state index in [1.54, 1.807) is 11.3 Å². The first-order valence-corrected chi connectivity index (χ1v) is 7.45. The summed E-state index contributed by atoms with van der Waals surface area (Å²) in [4.78, 5) is 18.9. The van der Waals surface area contributed by atoms with Gasteiger partial charge in [-0.3, -0.25) is 4.79 Å². The van der Waals surface area contributed by atoms with Gasteiger partial charge in [-0.15, -0.1) is 0 Å². The van der Waals surface area contributed by atoms with E-state index in [9.17, 15) is 4.79 Å². The lowest BCUT2D eigenvalue weighted by atomic mass is 9.83. The van der Waals surface area contributed by atoms with E-state index < -0.39 is 0 Å². The minimum atomic E-state index is 0.316. The number of carbonyl (C=O) groups excluding carboxylic acids is 1. The van der Waals surface area contributed by atoms with Crippen LogP contribution in [-0.4, -0.2) is 24.4 Å². The van der Waals surface area contributed by atoms with Gasteiger partial charge in [-0.2, -0.15) is 0 Å². The zero-order valence-corrected chi connectivity index (χ0v) is 12.5. The maximum Gasteiger partial charge on any atom is 0.186 e. The SMILES string of the molecule is CC(C)c1nc(N2CCC(C)(C)CC2)sc1C=O. The van der Waals surface area contributed by atoms with Gasteiger partial charge in [0.25, 0.3) is 0 Å². The summed E-state index contributed by atoms with van der Waals surface area (Å²) in [7, 11) is 0. The first-order chi connectivity index (χ1) is 8.43. The Bertz CT molecular complexity index is 427. The van der Waals surface area contributed by atoms with Gasteiger partial charge in [-0.05, 0) is 24.2 Å². The lowest BCUT2D eigenvalue weighted by Crippen LogP contribution is -2.37. The van der Waals surface area contributed by atoms with E-state index in [2.05, 4.69) is 37.6 Å². The van der Waals surface area contributed by atoms with Crippen LogP contribution in [0.25, 0.3) is 0 Å². The molecule has 0 radical (unpaired) electrons. The average molecular weight is 266 g/mol. The van der Waals surface area contributed by atoms with Crippen molar-refractivity contribution in [3.8, 4) is 0 Å². The number of hydrogen-bond acceptors (Lipinski definition) is 4. The molecule has 2 heterocycles. The van der Waals surface area contributed by atoms with Crippen molar-refractivity contribution in [1.29, 1.82) is 0 Å². The number of hydrogen-bond donors (Lipinski definition) is 0. The van der Waals surface area contributed by atoms with E-state index in [-0.39, 0.29) is 0 Å². The second-order valence-electron chi connectivity index (χ2n) is 6.17. The number of aldehydes is 1. The molecule has 4 heteroatoms. The molecule has 100 valence electrons. The Morgan fingerprint density at radius 2 is 1.94 bits per heavy atom. The van der Waals surface area contributed by atoms with Crippen LogP contribution in [0.2, 0.25) is 0 Å². The summed E-state index contributed by atoms with van der Waals surface area (Å²) < 4.78 is 0. The summed E-state index contributed by atoms with van der Waals surface area (Å²) in [6.07, 6.45) is 3.34. The van der Waals surface area contributed by atoms with Crippen LogP contribution in [0.1, 0.15) is 61.8 Å². The molecule has 0 saturated carbocycles. The molecule has 1 saturated heterocycles. The normalized spacial score (nSPS) is 19.3. The van der Waals surface area contributed by atoms with Gasteiger partial charge >= 0.3 is 0 Å². The van der Waals surface area contributed by atoms with Gasteiger partial charge in [-0.25, -0.2) is 4.98 Å². The van der Waals surface area contributed by atoms with Crippen molar-refractivity contribution in [2.75, 3.05) is 18.0 Å². The molecular formula is C14H22N2OS. The fourth-order valence-electron chi connectivity index (χ4n) is 2.27. The van der Waals surface area contributed by atoms with Crippen LogP contribution in [0.15, 0.2) is 0 Å². The second-order valence-corrected chi connectivity index (χ2v) is 7.18. The number of carbonyl (C=O) groups is 1. The number of thiazole rings is 1. The number of piperidine rings is 1. The fourth-order valence-corrected chi connectivity index (χ4v) is 3.35. The lowest BCUT2D eigenvalue weighted by molar-refractivity contribution is 0.112. The van der Waals surface area contributed by atoms with Gasteiger partial charge in [0.05, 0.1) is 10.6 Å². The Morgan fingerprint density at radius 3 is 2.39 bits per heavy atom. The molecule has 3 nitrogen and oxygen atoms in total. The summed E-state index contributed by atoms with van der Waals surface area (Å²) in [5.74, 6) is 0.316. The lowest BCUT2D eigenvalue weighted by Gasteiger charge is -2.36. The Hall–Kier alpha value is -0.900. The quantitative estimate of drug-likeness (QED) is 0.782. The van der Waals surface area contributed by atoms with E-state index in [0.29, 0.717) is 11.3 Å². The van der Waals surface area contributed by atoms with E-state index in [1.807, 2.05) is 0 Å². The molecule has 0 aliphatic carbocycles. The summed E-state index contributed by atoms with van der Waals surface area (Å²) in [5, 5.41) is 1.02. The van der Waals surface area contributed by atoms with Gasteiger partial charge in [0.1, 0.15) is 0 Å². The van der Waals surface area contributed by atoms with Crippen LogP contribution in [0, 0.1) is 5.41 Å². The largest absolute Gasteiger partial charge is 0.348 e. The molecule has 2 rings (SSSR count). The van der Waals surface area contributed by atoms with Crippen LogP contribution in [0.3, 0.4) is 0 Å². The van der Waals surface area contributed by atoms with Crippen molar-refractivity contribution < 1.29 is 4.79 Å². The minimum Gasteiger partial charge on any atom is -0.348 e. The molecule has 1 fully saturated rings. The molecular weight excluding hydrogens is 244 g/mol. The molecule has 0 amide bonds. The zero-order valence-electron chi connectivity index (χ0n) is 11.7. The number of nitrogens with zero attached hydrogens (tertiary/aromatic N) is 2. The highest BCUT2D eigenvalue weighted by atomic mass is 32.1. The summed E-state index contributed by atoms with van der Waals surface area (Å²) in [6, 6.07) is 0. The highest BCUT2D eigenvalue weighted by Gasteiger charge is 2.27. The van der Waals surface area contributed by atoms with Crippen molar-refractivity contribution in [3.05, 3.63) is 10.6 Å². The van der Waals surface area contributed by atoms with E-state index in [0.717, 1.165) is 35.1 Å². The first-order valence-electron chi connectivity index (χ1n) is 6.64. The van der Waals surface area contributed by atoms with Crippen LogP contribution >= 0.6 is 11.3 Å². The predicted octanol–water partition coefficient (Wildman–Crippen LogP) is 3.71. The van der Waals surface area contributed by atoms with Gasteiger partial charge in [0, 0.05) is 13.1 Å². The molecule has 1 aromatic heterocycles. The molecule has 1 aromatic rings. The molecule has 0 N–H and O–H groups in total. The van der Waals surface area contributed by atoms with E-state index in [4.69, 9.17) is 0 Å².